The van der Waals surface area contributed by atoms with Crippen LogP contribution in [0, 0.1) is 5.92 Å². The molecule has 1 nitrogen and oxygen atoms in total. The predicted octanol–water partition coefficient (Wildman–Crippen LogP) is 3.13. The molecule has 0 aromatic heterocycles. The Balaban J connectivity index is 3.59. The zero-order chi connectivity index (χ0) is 9.61. The van der Waals surface area contributed by atoms with E-state index in [1.54, 1.807) is 0 Å². The van der Waals surface area contributed by atoms with Crippen LogP contribution in [-0.2, 0) is 4.79 Å². The number of hydrogen-bond acceptors (Lipinski definition) is 2. The van der Waals surface area contributed by atoms with Gasteiger partial charge in [-0.25, -0.2) is 0 Å². The van der Waals surface area contributed by atoms with Gasteiger partial charge >= 0.3 is 0 Å². The standard InChI is InChI=1S/C10H20OS/c1-9(6-8-11)5-7-10(2,3)12-4/h8-9H,5-7H2,1-4H3. The van der Waals surface area contributed by atoms with Crippen molar-refractivity contribution in [1.29, 1.82) is 0 Å². The first-order valence-corrected chi connectivity index (χ1v) is 5.73. The van der Waals surface area contributed by atoms with Crippen LogP contribution in [0.5, 0.6) is 0 Å². The summed E-state index contributed by atoms with van der Waals surface area (Å²) in [6.45, 7) is 6.65. The molecular formula is C10H20OS. The molecular weight excluding hydrogens is 168 g/mol. The van der Waals surface area contributed by atoms with E-state index < -0.39 is 0 Å². The minimum Gasteiger partial charge on any atom is -0.303 e. The minimum atomic E-state index is 0.372. The number of thioether (sulfide) groups is 1. The summed E-state index contributed by atoms with van der Waals surface area (Å²) in [5.74, 6) is 0.550. The van der Waals surface area contributed by atoms with Gasteiger partial charge in [-0.3, -0.25) is 0 Å². The van der Waals surface area contributed by atoms with Crippen LogP contribution in [0.1, 0.15) is 40.0 Å². The van der Waals surface area contributed by atoms with Gasteiger partial charge in [-0.15, -0.1) is 0 Å². The Labute approximate surface area is 80.3 Å². The van der Waals surface area contributed by atoms with E-state index in [1.165, 1.54) is 6.42 Å². The molecule has 0 rings (SSSR count). The Morgan fingerprint density at radius 2 is 2.08 bits per heavy atom. The van der Waals surface area contributed by atoms with Crippen LogP contribution in [0.4, 0.5) is 0 Å². The molecule has 0 fully saturated rings. The molecule has 1 unspecified atom stereocenters. The van der Waals surface area contributed by atoms with Crippen LogP contribution in [0.3, 0.4) is 0 Å². The molecule has 0 aliphatic carbocycles. The van der Waals surface area contributed by atoms with Crippen molar-refractivity contribution >= 4 is 18.0 Å². The van der Waals surface area contributed by atoms with Gasteiger partial charge in [0.2, 0.25) is 0 Å². The molecule has 0 aliphatic heterocycles. The van der Waals surface area contributed by atoms with E-state index in [2.05, 4.69) is 27.0 Å². The first kappa shape index (κ1) is 12.0. The molecule has 72 valence electrons. The largest absolute Gasteiger partial charge is 0.303 e. The Kier molecular flexibility index (Phi) is 5.64. The first-order valence-electron chi connectivity index (χ1n) is 4.50. The lowest BCUT2D eigenvalue weighted by atomic mass is 9.97. The van der Waals surface area contributed by atoms with Gasteiger partial charge in [0.1, 0.15) is 6.29 Å². The Morgan fingerprint density at radius 1 is 1.50 bits per heavy atom. The molecule has 0 aromatic rings. The van der Waals surface area contributed by atoms with Crippen LogP contribution in [0.25, 0.3) is 0 Å². The zero-order valence-corrected chi connectivity index (χ0v) is 9.41. The molecule has 0 heterocycles. The van der Waals surface area contributed by atoms with Gasteiger partial charge in [0, 0.05) is 11.2 Å². The van der Waals surface area contributed by atoms with Gasteiger partial charge in [-0.05, 0) is 25.0 Å². The molecule has 0 spiro atoms. The summed E-state index contributed by atoms with van der Waals surface area (Å²) in [5, 5.41) is 0. The molecule has 2 heteroatoms. The molecule has 0 saturated carbocycles. The molecule has 0 aromatic carbocycles. The lowest BCUT2D eigenvalue weighted by Gasteiger charge is -2.23. The van der Waals surface area contributed by atoms with E-state index >= 15 is 0 Å². The van der Waals surface area contributed by atoms with Gasteiger partial charge in [0.25, 0.3) is 0 Å². The molecule has 1 atom stereocenters. The van der Waals surface area contributed by atoms with Crippen LogP contribution in [0.15, 0.2) is 0 Å². The number of hydrogen-bond donors (Lipinski definition) is 0. The number of carbonyl (C=O) groups is 1. The smallest absolute Gasteiger partial charge is 0.120 e. The summed E-state index contributed by atoms with van der Waals surface area (Å²) >= 11 is 1.90. The fourth-order valence-electron chi connectivity index (χ4n) is 0.978. The van der Waals surface area contributed by atoms with Crippen molar-refractivity contribution in [3.05, 3.63) is 0 Å². The Morgan fingerprint density at radius 3 is 2.50 bits per heavy atom. The summed E-state index contributed by atoms with van der Waals surface area (Å²) in [6, 6.07) is 0. The average molecular weight is 188 g/mol. The fraction of sp³-hybridized carbons (Fsp3) is 0.900. The normalized spacial score (nSPS) is 14.3. The van der Waals surface area contributed by atoms with Crippen molar-refractivity contribution in [3.63, 3.8) is 0 Å². The van der Waals surface area contributed by atoms with Gasteiger partial charge in [0.05, 0.1) is 0 Å². The zero-order valence-electron chi connectivity index (χ0n) is 8.59. The number of aldehydes is 1. The molecule has 12 heavy (non-hydrogen) atoms. The fourth-order valence-corrected chi connectivity index (χ4v) is 1.30. The average Bonchev–Trinajstić information content (AvgIpc) is 2.02. The van der Waals surface area contributed by atoms with Crippen LogP contribution in [0.2, 0.25) is 0 Å². The monoisotopic (exact) mass is 188 g/mol. The van der Waals surface area contributed by atoms with Crippen molar-refractivity contribution in [3.8, 4) is 0 Å². The van der Waals surface area contributed by atoms with Crippen LogP contribution < -0.4 is 0 Å². The quantitative estimate of drug-likeness (QED) is 0.596. The maximum atomic E-state index is 10.2. The second-order valence-electron chi connectivity index (χ2n) is 4.01. The number of carbonyl (C=O) groups excluding carboxylic acids is 1. The highest BCUT2D eigenvalue weighted by Gasteiger charge is 2.16. The summed E-state index contributed by atoms with van der Waals surface area (Å²) in [5.41, 5.74) is 0. The van der Waals surface area contributed by atoms with Gasteiger partial charge < -0.3 is 4.79 Å². The Hall–Kier alpha value is 0.0200. The van der Waals surface area contributed by atoms with Crippen molar-refractivity contribution in [1.82, 2.24) is 0 Å². The van der Waals surface area contributed by atoms with E-state index in [1.807, 2.05) is 11.8 Å². The van der Waals surface area contributed by atoms with E-state index in [-0.39, 0.29) is 0 Å². The molecule has 0 amide bonds. The summed E-state index contributed by atoms with van der Waals surface area (Å²) < 4.78 is 0.372. The predicted molar refractivity (Wildman–Crippen MR) is 56.7 cm³/mol. The maximum absolute atomic E-state index is 10.2. The van der Waals surface area contributed by atoms with Crippen molar-refractivity contribution in [2.24, 2.45) is 5.92 Å². The Bertz CT molecular complexity index is 132. The van der Waals surface area contributed by atoms with Crippen LogP contribution in [-0.4, -0.2) is 17.3 Å². The van der Waals surface area contributed by atoms with E-state index in [0.717, 1.165) is 12.7 Å². The first-order chi connectivity index (χ1) is 5.52. The van der Waals surface area contributed by atoms with Crippen molar-refractivity contribution in [2.45, 2.75) is 44.8 Å². The highest BCUT2D eigenvalue weighted by atomic mass is 32.2. The van der Waals surface area contributed by atoms with E-state index in [0.29, 0.717) is 17.1 Å². The lowest BCUT2D eigenvalue weighted by molar-refractivity contribution is -0.108. The topological polar surface area (TPSA) is 17.1 Å². The highest BCUT2D eigenvalue weighted by Crippen LogP contribution is 2.28. The lowest BCUT2D eigenvalue weighted by Crippen LogP contribution is -2.15. The minimum absolute atomic E-state index is 0.372. The van der Waals surface area contributed by atoms with Gasteiger partial charge in [-0.2, -0.15) is 11.8 Å². The van der Waals surface area contributed by atoms with Gasteiger partial charge in [-0.1, -0.05) is 20.8 Å². The molecule has 0 bridgehead atoms. The second-order valence-corrected chi connectivity index (χ2v) is 5.52. The number of rotatable bonds is 6. The van der Waals surface area contributed by atoms with Crippen molar-refractivity contribution < 1.29 is 4.79 Å². The summed E-state index contributed by atoms with van der Waals surface area (Å²) in [6.07, 6.45) is 6.24. The second kappa shape index (κ2) is 5.63. The molecule has 0 aliphatic rings. The third kappa shape index (κ3) is 5.64. The molecule has 0 N–H and O–H groups in total. The maximum Gasteiger partial charge on any atom is 0.120 e. The third-order valence-corrected chi connectivity index (χ3v) is 3.60. The highest BCUT2D eigenvalue weighted by molar-refractivity contribution is 7.99. The molecule has 0 radical (unpaired) electrons. The molecule has 0 saturated heterocycles. The van der Waals surface area contributed by atoms with E-state index in [9.17, 15) is 4.79 Å². The van der Waals surface area contributed by atoms with Gasteiger partial charge in [0.15, 0.2) is 0 Å². The van der Waals surface area contributed by atoms with Crippen LogP contribution >= 0.6 is 11.8 Å². The summed E-state index contributed by atoms with van der Waals surface area (Å²) in [4.78, 5) is 10.2. The summed E-state index contributed by atoms with van der Waals surface area (Å²) in [7, 11) is 0. The van der Waals surface area contributed by atoms with E-state index in [4.69, 9.17) is 0 Å². The van der Waals surface area contributed by atoms with Crippen molar-refractivity contribution in [2.75, 3.05) is 6.26 Å². The SMILES string of the molecule is CSC(C)(C)CCC(C)CC=O. The third-order valence-electron chi connectivity index (χ3n) is 2.29.